The Bertz CT molecular complexity index is 1440. The van der Waals surface area contributed by atoms with Crippen LogP contribution < -0.4 is 10.6 Å². The van der Waals surface area contributed by atoms with Crippen LogP contribution in [0.25, 0.3) is 16.5 Å². The van der Waals surface area contributed by atoms with Crippen molar-refractivity contribution in [2.45, 2.75) is 18.6 Å². The van der Waals surface area contributed by atoms with Crippen molar-refractivity contribution in [1.29, 1.82) is 0 Å². The van der Waals surface area contributed by atoms with Gasteiger partial charge < -0.3 is 10.6 Å². The average Bonchev–Trinajstić information content (AvgIpc) is 3.31. The Balaban J connectivity index is 1.34. The molecule has 0 saturated heterocycles. The molecule has 1 heterocycles. The molecule has 174 valence electrons. The zero-order valence-corrected chi connectivity index (χ0v) is 20.1. The van der Waals surface area contributed by atoms with Gasteiger partial charge in [-0.2, -0.15) is 0 Å². The number of nitrogens with zero attached hydrogens (tertiary/aromatic N) is 3. The fraction of sp³-hybridized carbons (Fsp3) is 0.107. The van der Waals surface area contributed by atoms with Crippen molar-refractivity contribution in [2.75, 3.05) is 16.4 Å². The third kappa shape index (κ3) is 5.36. The molecule has 4 aromatic carbocycles. The molecule has 0 aliphatic rings. The summed E-state index contributed by atoms with van der Waals surface area (Å²) in [5.74, 6) is 0.915. The first-order valence-electron chi connectivity index (χ1n) is 11.4. The van der Waals surface area contributed by atoms with E-state index >= 15 is 0 Å². The third-order valence-electron chi connectivity index (χ3n) is 5.61. The van der Waals surface area contributed by atoms with E-state index in [4.69, 9.17) is 0 Å². The van der Waals surface area contributed by atoms with E-state index in [1.807, 2.05) is 84.3 Å². The maximum absolute atomic E-state index is 12.6. The lowest BCUT2D eigenvalue weighted by atomic mass is 10.1. The third-order valence-corrected chi connectivity index (χ3v) is 6.54. The molecule has 2 N–H and O–H groups in total. The van der Waals surface area contributed by atoms with Gasteiger partial charge in [0.1, 0.15) is 0 Å². The van der Waals surface area contributed by atoms with Crippen molar-refractivity contribution < 1.29 is 4.79 Å². The molecule has 7 heteroatoms. The van der Waals surface area contributed by atoms with Crippen LogP contribution in [0.5, 0.6) is 0 Å². The van der Waals surface area contributed by atoms with Crippen molar-refractivity contribution in [1.82, 2.24) is 14.8 Å². The van der Waals surface area contributed by atoms with Crippen LogP contribution in [0, 0.1) is 6.92 Å². The first-order valence-corrected chi connectivity index (χ1v) is 12.4. The molecule has 0 fully saturated rings. The van der Waals surface area contributed by atoms with Crippen molar-refractivity contribution in [3.63, 3.8) is 0 Å². The summed E-state index contributed by atoms with van der Waals surface area (Å²) in [5, 5.41) is 18.3. The summed E-state index contributed by atoms with van der Waals surface area (Å²) < 4.78 is 2.00. The van der Waals surface area contributed by atoms with E-state index < -0.39 is 0 Å². The average molecular weight is 480 g/mol. The number of rotatable bonds is 8. The van der Waals surface area contributed by atoms with Crippen LogP contribution in [0.15, 0.2) is 102 Å². The zero-order chi connectivity index (χ0) is 24.0. The molecule has 0 bridgehead atoms. The number of carbonyl (C=O) groups excluding carboxylic acids is 1. The summed E-state index contributed by atoms with van der Waals surface area (Å²) in [6.45, 7) is 2.51. The second kappa shape index (κ2) is 10.4. The standard InChI is InChI=1S/C28H25N5OS/c1-20-14-16-22(17-15-20)30-27(34)19-35-28-32-31-26(33(28)23-10-3-2-4-11-23)18-29-25-13-7-9-21-8-5-6-12-24(21)25/h2-17,29H,18-19H2,1H3,(H,30,34). The maximum atomic E-state index is 12.6. The summed E-state index contributed by atoms with van der Waals surface area (Å²) in [6, 6.07) is 32.2. The van der Waals surface area contributed by atoms with Crippen molar-refractivity contribution in [2.24, 2.45) is 0 Å². The van der Waals surface area contributed by atoms with Gasteiger partial charge in [-0.3, -0.25) is 9.36 Å². The monoisotopic (exact) mass is 479 g/mol. The molecule has 0 spiro atoms. The highest BCUT2D eigenvalue weighted by Gasteiger charge is 2.16. The summed E-state index contributed by atoms with van der Waals surface area (Å²) in [4.78, 5) is 12.6. The van der Waals surface area contributed by atoms with Crippen molar-refractivity contribution in [3.05, 3.63) is 108 Å². The SMILES string of the molecule is Cc1ccc(NC(=O)CSc2nnc(CNc3cccc4ccccc34)n2-c2ccccc2)cc1. The number of aromatic nitrogens is 3. The van der Waals surface area contributed by atoms with Crippen LogP contribution in [0.1, 0.15) is 11.4 Å². The maximum Gasteiger partial charge on any atom is 0.234 e. The largest absolute Gasteiger partial charge is 0.377 e. The smallest absolute Gasteiger partial charge is 0.234 e. The number of thioether (sulfide) groups is 1. The molecule has 35 heavy (non-hydrogen) atoms. The Morgan fingerprint density at radius 3 is 2.43 bits per heavy atom. The van der Waals surface area contributed by atoms with Gasteiger partial charge in [-0.15, -0.1) is 10.2 Å². The van der Waals surface area contributed by atoms with Gasteiger partial charge in [0.2, 0.25) is 5.91 Å². The number of hydrogen-bond donors (Lipinski definition) is 2. The van der Waals surface area contributed by atoms with Gasteiger partial charge in [-0.05, 0) is 42.6 Å². The quantitative estimate of drug-likeness (QED) is 0.264. The number of fused-ring (bicyclic) bond motifs is 1. The molecular formula is C28H25N5OS. The minimum absolute atomic E-state index is 0.0862. The molecule has 0 atom stereocenters. The highest BCUT2D eigenvalue weighted by Crippen LogP contribution is 2.26. The molecule has 1 amide bonds. The minimum Gasteiger partial charge on any atom is -0.377 e. The Morgan fingerprint density at radius 2 is 1.60 bits per heavy atom. The lowest BCUT2D eigenvalue weighted by Gasteiger charge is -2.13. The second-order valence-electron chi connectivity index (χ2n) is 8.15. The van der Waals surface area contributed by atoms with Crippen LogP contribution in [0.4, 0.5) is 11.4 Å². The first-order chi connectivity index (χ1) is 17.2. The number of carbonyl (C=O) groups is 1. The number of hydrogen-bond acceptors (Lipinski definition) is 5. The number of benzene rings is 4. The topological polar surface area (TPSA) is 71.8 Å². The normalized spacial score (nSPS) is 10.9. The van der Waals surface area contributed by atoms with E-state index in [9.17, 15) is 4.79 Å². The highest BCUT2D eigenvalue weighted by molar-refractivity contribution is 7.99. The summed E-state index contributed by atoms with van der Waals surface area (Å²) >= 11 is 1.37. The molecule has 0 unspecified atom stereocenters. The second-order valence-corrected chi connectivity index (χ2v) is 9.10. The number of anilines is 2. The van der Waals surface area contributed by atoms with Crippen molar-refractivity contribution in [3.8, 4) is 5.69 Å². The van der Waals surface area contributed by atoms with Gasteiger partial charge in [0, 0.05) is 22.4 Å². The van der Waals surface area contributed by atoms with Gasteiger partial charge in [0.15, 0.2) is 11.0 Å². The van der Waals surface area contributed by atoms with Crippen LogP contribution >= 0.6 is 11.8 Å². The van der Waals surface area contributed by atoms with Crippen LogP contribution in [-0.4, -0.2) is 26.4 Å². The fourth-order valence-electron chi connectivity index (χ4n) is 3.86. The Morgan fingerprint density at radius 1 is 0.857 bits per heavy atom. The summed E-state index contributed by atoms with van der Waals surface area (Å²) in [5.41, 5.74) is 3.93. The van der Waals surface area contributed by atoms with E-state index in [-0.39, 0.29) is 11.7 Å². The predicted molar refractivity (Wildman–Crippen MR) is 143 cm³/mol. The van der Waals surface area contributed by atoms with Gasteiger partial charge in [-0.1, -0.05) is 84.1 Å². The Kier molecular flexibility index (Phi) is 6.77. The summed E-state index contributed by atoms with van der Waals surface area (Å²) in [7, 11) is 0. The molecule has 5 rings (SSSR count). The molecular weight excluding hydrogens is 454 g/mol. The first kappa shape index (κ1) is 22.7. The van der Waals surface area contributed by atoms with E-state index in [0.717, 1.165) is 33.8 Å². The van der Waals surface area contributed by atoms with E-state index in [0.29, 0.717) is 11.7 Å². The predicted octanol–water partition coefficient (Wildman–Crippen LogP) is 6.07. The van der Waals surface area contributed by atoms with E-state index in [1.54, 1.807) is 0 Å². The van der Waals surface area contributed by atoms with Crippen LogP contribution in [0.2, 0.25) is 0 Å². The lowest BCUT2D eigenvalue weighted by Crippen LogP contribution is -2.15. The molecule has 1 aromatic heterocycles. The number of para-hydroxylation sites is 1. The molecule has 0 aliphatic heterocycles. The zero-order valence-electron chi connectivity index (χ0n) is 19.3. The van der Waals surface area contributed by atoms with Crippen LogP contribution in [-0.2, 0) is 11.3 Å². The molecule has 0 radical (unpaired) electrons. The number of nitrogens with one attached hydrogen (secondary N) is 2. The number of amides is 1. The fourth-order valence-corrected chi connectivity index (χ4v) is 4.63. The Hall–Kier alpha value is -4.10. The van der Waals surface area contributed by atoms with Crippen LogP contribution in [0.3, 0.4) is 0 Å². The number of aryl methyl sites for hydroxylation is 1. The molecule has 5 aromatic rings. The minimum atomic E-state index is -0.0862. The molecule has 0 saturated carbocycles. The van der Waals surface area contributed by atoms with E-state index in [2.05, 4.69) is 45.1 Å². The van der Waals surface area contributed by atoms with Gasteiger partial charge >= 0.3 is 0 Å². The van der Waals surface area contributed by atoms with Gasteiger partial charge in [0.25, 0.3) is 0 Å². The van der Waals surface area contributed by atoms with E-state index in [1.165, 1.54) is 17.1 Å². The van der Waals surface area contributed by atoms with Crippen molar-refractivity contribution >= 4 is 39.8 Å². The summed E-state index contributed by atoms with van der Waals surface area (Å²) in [6.07, 6.45) is 0. The Labute approximate surface area is 208 Å². The van der Waals surface area contributed by atoms with Gasteiger partial charge in [-0.25, -0.2) is 0 Å². The lowest BCUT2D eigenvalue weighted by molar-refractivity contribution is -0.113. The molecule has 6 nitrogen and oxygen atoms in total. The molecule has 0 aliphatic carbocycles. The van der Waals surface area contributed by atoms with Gasteiger partial charge in [0.05, 0.1) is 12.3 Å². The highest BCUT2D eigenvalue weighted by atomic mass is 32.2.